The quantitative estimate of drug-likeness (QED) is 0.163. The SMILES string of the molecule is [2H]c1c([2H])c([2H])c(-c2ccc(N(c3ccc(-c4ccc5c(c4)oc4ccccc45)cc3)c3ccc(-c4ccccc4-n4c5ccccc5c5ccccc54)cc3)cc2)c([2H])c1[2H]. The maximum absolute atomic E-state index is 8.58. The number of anilines is 3. The van der Waals surface area contributed by atoms with Crippen molar-refractivity contribution in [1.29, 1.82) is 0 Å². The van der Waals surface area contributed by atoms with E-state index in [2.05, 4.69) is 155 Å². The zero-order valence-electron chi connectivity index (χ0n) is 35.7. The molecule has 9 aromatic carbocycles. The number of furan rings is 1. The largest absolute Gasteiger partial charge is 0.456 e. The van der Waals surface area contributed by atoms with Crippen molar-refractivity contribution in [3.05, 3.63) is 218 Å². The minimum absolute atomic E-state index is 0.172. The zero-order valence-corrected chi connectivity index (χ0v) is 30.7. The molecule has 268 valence electrons. The van der Waals surface area contributed by atoms with Crippen LogP contribution in [0.4, 0.5) is 17.1 Å². The Kier molecular flexibility index (Phi) is 6.65. The average Bonchev–Trinajstić information content (AvgIpc) is 3.87. The molecule has 57 heavy (non-hydrogen) atoms. The van der Waals surface area contributed by atoms with E-state index >= 15 is 0 Å². The Bertz CT molecular complexity index is 3440. The van der Waals surface area contributed by atoms with Gasteiger partial charge in [0.05, 0.1) is 23.6 Å². The van der Waals surface area contributed by atoms with Crippen molar-refractivity contribution < 1.29 is 11.3 Å². The summed E-state index contributed by atoms with van der Waals surface area (Å²) in [7, 11) is 0. The van der Waals surface area contributed by atoms with Crippen molar-refractivity contribution in [2.24, 2.45) is 0 Å². The molecule has 0 atom stereocenters. The smallest absolute Gasteiger partial charge is 0.136 e. The highest BCUT2D eigenvalue weighted by atomic mass is 16.3. The van der Waals surface area contributed by atoms with Gasteiger partial charge < -0.3 is 13.9 Å². The van der Waals surface area contributed by atoms with E-state index in [0.717, 1.165) is 78.0 Å². The van der Waals surface area contributed by atoms with Crippen molar-refractivity contribution in [2.75, 3.05) is 4.90 Å². The zero-order chi connectivity index (χ0) is 42.1. The molecule has 0 spiro atoms. The normalized spacial score (nSPS) is 12.7. The van der Waals surface area contributed by atoms with E-state index in [4.69, 9.17) is 11.3 Å². The summed E-state index contributed by atoms with van der Waals surface area (Å²) >= 11 is 0. The first kappa shape index (κ1) is 27.9. The number of hydrogen-bond donors (Lipinski definition) is 0. The van der Waals surface area contributed by atoms with Crippen molar-refractivity contribution in [2.45, 2.75) is 0 Å². The van der Waals surface area contributed by atoms with Gasteiger partial charge in [-0.1, -0.05) is 145 Å². The van der Waals surface area contributed by atoms with Gasteiger partial charge in [0.25, 0.3) is 0 Å². The first-order chi connectivity index (χ1) is 30.3. The minimum atomic E-state index is -0.409. The minimum Gasteiger partial charge on any atom is -0.456 e. The summed E-state index contributed by atoms with van der Waals surface area (Å²) in [6.07, 6.45) is 0. The fraction of sp³-hybridized carbons (Fsp3) is 0. The fourth-order valence-corrected chi connectivity index (χ4v) is 8.21. The molecule has 0 aliphatic heterocycles. The molecule has 0 saturated heterocycles. The third-order valence-electron chi connectivity index (χ3n) is 10.9. The highest BCUT2D eigenvalue weighted by molar-refractivity contribution is 6.10. The molecule has 0 aliphatic carbocycles. The average molecular weight is 734 g/mol. The van der Waals surface area contributed by atoms with Gasteiger partial charge in [0.15, 0.2) is 0 Å². The van der Waals surface area contributed by atoms with Crippen LogP contribution in [0, 0.1) is 0 Å². The van der Waals surface area contributed by atoms with Crippen LogP contribution in [0.15, 0.2) is 223 Å². The Morgan fingerprint density at radius 1 is 0.386 bits per heavy atom. The van der Waals surface area contributed by atoms with Gasteiger partial charge in [0, 0.05) is 44.2 Å². The summed E-state index contributed by atoms with van der Waals surface area (Å²) in [6, 6.07) is 63.0. The third kappa shape index (κ3) is 5.68. The Balaban J connectivity index is 1.00. The number of benzene rings is 9. The second-order valence-electron chi connectivity index (χ2n) is 14.2. The molecule has 2 aromatic heterocycles. The molecule has 0 bridgehead atoms. The predicted molar refractivity (Wildman–Crippen MR) is 239 cm³/mol. The van der Waals surface area contributed by atoms with E-state index in [9.17, 15) is 0 Å². The number of fused-ring (bicyclic) bond motifs is 6. The molecule has 11 rings (SSSR count). The number of aromatic nitrogens is 1. The lowest BCUT2D eigenvalue weighted by atomic mass is 10.0. The van der Waals surface area contributed by atoms with Crippen LogP contribution in [0.3, 0.4) is 0 Å². The molecule has 11 aromatic rings. The highest BCUT2D eigenvalue weighted by Gasteiger charge is 2.17. The Hall–Kier alpha value is -7.62. The van der Waals surface area contributed by atoms with E-state index in [-0.39, 0.29) is 29.7 Å². The van der Waals surface area contributed by atoms with Gasteiger partial charge in [-0.3, -0.25) is 0 Å². The van der Waals surface area contributed by atoms with Crippen molar-refractivity contribution in [1.82, 2.24) is 4.57 Å². The van der Waals surface area contributed by atoms with Gasteiger partial charge in [0.1, 0.15) is 11.2 Å². The molecule has 3 heteroatoms. The van der Waals surface area contributed by atoms with Crippen LogP contribution in [0.1, 0.15) is 6.85 Å². The van der Waals surface area contributed by atoms with Crippen molar-refractivity contribution in [3.8, 4) is 39.1 Å². The van der Waals surface area contributed by atoms with Crippen LogP contribution in [-0.4, -0.2) is 4.57 Å². The van der Waals surface area contributed by atoms with E-state index in [1.54, 1.807) is 0 Å². The number of nitrogens with zero attached hydrogens (tertiary/aromatic N) is 2. The maximum Gasteiger partial charge on any atom is 0.136 e. The lowest BCUT2D eigenvalue weighted by Gasteiger charge is -2.26. The van der Waals surface area contributed by atoms with Gasteiger partial charge in [0.2, 0.25) is 0 Å². The Morgan fingerprint density at radius 2 is 0.877 bits per heavy atom. The van der Waals surface area contributed by atoms with E-state index < -0.39 is 6.04 Å². The summed E-state index contributed by atoms with van der Waals surface area (Å²) in [5.74, 6) is 0. The van der Waals surface area contributed by atoms with Gasteiger partial charge >= 0.3 is 0 Å². The van der Waals surface area contributed by atoms with Crippen LogP contribution in [0.25, 0.3) is 82.8 Å². The van der Waals surface area contributed by atoms with Crippen molar-refractivity contribution in [3.63, 3.8) is 0 Å². The lowest BCUT2D eigenvalue weighted by molar-refractivity contribution is 0.669. The van der Waals surface area contributed by atoms with Gasteiger partial charge in [-0.25, -0.2) is 0 Å². The van der Waals surface area contributed by atoms with Crippen LogP contribution in [-0.2, 0) is 0 Å². The Labute approximate surface area is 337 Å². The van der Waals surface area contributed by atoms with E-state index in [0.29, 0.717) is 5.56 Å². The molecule has 0 N–H and O–H groups in total. The Morgan fingerprint density at radius 3 is 1.53 bits per heavy atom. The number of hydrogen-bond acceptors (Lipinski definition) is 2. The van der Waals surface area contributed by atoms with E-state index in [1.165, 1.54) is 10.8 Å². The first-order valence-electron chi connectivity index (χ1n) is 21.5. The van der Waals surface area contributed by atoms with E-state index in [1.807, 2.05) is 42.5 Å². The summed E-state index contributed by atoms with van der Waals surface area (Å²) in [6.45, 7) is 0. The molecule has 2 heterocycles. The topological polar surface area (TPSA) is 21.3 Å². The van der Waals surface area contributed by atoms with Gasteiger partial charge in [-0.05, 0) is 101 Å². The number of rotatable bonds is 7. The van der Waals surface area contributed by atoms with Crippen LogP contribution >= 0.6 is 0 Å². The predicted octanol–water partition coefficient (Wildman–Crippen LogP) is 15.2. The van der Waals surface area contributed by atoms with Gasteiger partial charge in [-0.2, -0.15) is 0 Å². The molecule has 0 amide bonds. The fourth-order valence-electron chi connectivity index (χ4n) is 8.21. The third-order valence-corrected chi connectivity index (χ3v) is 10.9. The van der Waals surface area contributed by atoms with Gasteiger partial charge in [-0.15, -0.1) is 0 Å². The summed E-state index contributed by atoms with van der Waals surface area (Å²) in [5, 5.41) is 4.60. The second kappa shape index (κ2) is 13.6. The molecule has 0 unspecified atom stereocenters. The highest BCUT2D eigenvalue weighted by Crippen LogP contribution is 2.40. The molecule has 3 nitrogen and oxygen atoms in total. The van der Waals surface area contributed by atoms with Crippen molar-refractivity contribution >= 4 is 60.8 Å². The molecule has 0 saturated carbocycles. The van der Waals surface area contributed by atoms with Crippen LogP contribution < -0.4 is 4.90 Å². The number of para-hydroxylation sites is 4. The summed E-state index contributed by atoms with van der Waals surface area (Å²) in [5.41, 5.74) is 12.8. The van der Waals surface area contributed by atoms with Crippen LogP contribution in [0.5, 0.6) is 0 Å². The lowest BCUT2D eigenvalue weighted by Crippen LogP contribution is -2.09. The molecular weight excluding hydrogens is 693 g/mol. The monoisotopic (exact) mass is 733 g/mol. The van der Waals surface area contributed by atoms with Crippen LogP contribution in [0.2, 0.25) is 0 Å². The molecule has 0 fully saturated rings. The second-order valence-corrected chi connectivity index (χ2v) is 14.2. The maximum atomic E-state index is 8.58. The summed E-state index contributed by atoms with van der Waals surface area (Å²) in [4.78, 5) is 2.17. The summed E-state index contributed by atoms with van der Waals surface area (Å²) < 4.78 is 50.3. The first-order valence-corrected chi connectivity index (χ1v) is 19.0. The molecule has 0 radical (unpaired) electrons. The standard InChI is InChI=1S/C54H36N2O/c1-2-12-37(13-3-1)38-22-29-42(30-23-38)55(43-31-24-39(25-32-43)41-28-35-49-48-17-7-11-21-53(48)57-54(49)36-41)44-33-26-40(27-34-44)45-14-4-8-18-50(45)56-51-19-9-5-15-46(51)47-16-6-10-20-52(47)56/h1-36H/i1D,2D,3D,12D,13D. The molecule has 0 aliphatic rings. The molecular formula is C54H36N2O.